The smallest absolute Gasteiger partial charge is 0.226 e. The van der Waals surface area contributed by atoms with Crippen LogP contribution in [0.1, 0.15) is 43.7 Å². The number of amides is 1. The van der Waals surface area contributed by atoms with Gasteiger partial charge in [0.2, 0.25) is 5.91 Å². The number of rotatable bonds is 4. The van der Waals surface area contributed by atoms with Crippen LogP contribution in [0.15, 0.2) is 36.0 Å². The summed E-state index contributed by atoms with van der Waals surface area (Å²) in [5.41, 5.74) is 2.27. The summed E-state index contributed by atoms with van der Waals surface area (Å²) in [6.45, 7) is 1.42. The van der Waals surface area contributed by atoms with Gasteiger partial charge in [0.15, 0.2) is 0 Å². The van der Waals surface area contributed by atoms with Crippen molar-refractivity contribution in [3.8, 4) is 0 Å². The van der Waals surface area contributed by atoms with Crippen LogP contribution in [0.3, 0.4) is 0 Å². The number of aliphatic hydroxyl groups excluding tert-OH is 1. The third-order valence-electron chi connectivity index (χ3n) is 4.86. The van der Waals surface area contributed by atoms with Gasteiger partial charge in [-0.2, -0.15) is 0 Å². The molecule has 1 N–H and O–H groups in total. The molecular weight excluding hydrogens is 276 g/mol. The minimum atomic E-state index is 0.0965. The molecular formula is C18H24N2O2. The van der Waals surface area contributed by atoms with Gasteiger partial charge >= 0.3 is 0 Å². The van der Waals surface area contributed by atoms with Crippen LogP contribution < -0.4 is 0 Å². The standard InChI is InChI=1S/C18H24N2O2/c21-13-15-11-20(12-16(15)17-8-4-5-9-19-17)18(22)10-14-6-2-1-3-7-14/h4-6,8-9,15-16,21H,1-3,7,10-13H2/t15-,16+/m0/s1. The monoisotopic (exact) mass is 300 g/mol. The fourth-order valence-electron chi connectivity index (χ4n) is 3.56. The average Bonchev–Trinajstić information content (AvgIpc) is 3.01. The van der Waals surface area contributed by atoms with Crippen LogP contribution in [0.2, 0.25) is 0 Å². The van der Waals surface area contributed by atoms with E-state index in [-0.39, 0.29) is 24.3 Å². The maximum atomic E-state index is 12.5. The van der Waals surface area contributed by atoms with Gasteiger partial charge < -0.3 is 10.0 Å². The van der Waals surface area contributed by atoms with Gasteiger partial charge in [-0.1, -0.05) is 17.7 Å². The van der Waals surface area contributed by atoms with Crippen LogP contribution in [0.25, 0.3) is 0 Å². The van der Waals surface area contributed by atoms with E-state index < -0.39 is 0 Å². The summed E-state index contributed by atoms with van der Waals surface area (Å²) >= 11 is 0. The molecule has 0 bridgehead atoms. The van der Waals surface area contributed by atoms with Crippen molar-refractivity contribution in [1.82, 2.24) is 9.88 Å². The number of carbonyl (C=O) groups excluding carboxylic acids is 1. The zero-order valence-electron chi connectivity index (χ0n) is 12.9. The first-order chi connectivity index (χ1) is 10.8. The largest absolute Gasteiger partial charge is 0.396 e. The molecule has 0 spiro atoms. The Labute approximate surface area is 131 Å². The second kappa shape index (κ2) is 7.05. The molecule has 0 radical (unpaired) electrons. The summed E-state index contributed by atoms with van der Waals surface area (Å²) in [4.78, 5) is 18.9. The zero-order chi connectivity index (χ0) is 15.4. The molecule has 2 aliphatic rings. The number of hydrogen-bond acceptors (Lipinski definition) is 3. The van der Waals surface area contributed by atoms with Gasteiger partial charge in [0, 0.05) is 49.8 Å². The number of nitrogens with zero attached hydrogens (tertiary/aromatic N) is 2. The molecule has 0 aromatic carbocycles. The van der Waals surface area contributed by atoms with Crippen molar-refractivity contribution in [3.63, 3.8) is 0 Å². The molecule has 1 aliphatic heterocycles. The molecule has 2 atom stereocenters. The van der Waals surface area contributed by atoms with Gasteiger partial charge in [-0.15, -0.1) is 0 Å². The Morgan fingerprint density at radius 2 is 2.23 bits per heavy atom. The normalized spacial score (nSPS) is 25.1. The lowest BCUT2D eigenvalue weighted by Crippen LogP contribution is -2.29. The number of allylic oxidation sites excluding steroid dienone is 1. The minimum Gasteiger partial charge on any atom is -0.396 e. The summed E-state index contributed by atoms with van der Waals surface area (Å²) in [6.07, 6.45) is 9.18. The van der Waals surface area contributed by atoms with Crippen molar-refractivity contribution in [2.75, 3.05) is 19.7 Å². The fourth-order valence-corrected chi connectivity index (χ4v) is 3.56. The average molecular weight is 300 g/mol. The quantitative estimate of drug-likeness (QED) is 0.869. The van der Waals surface area contributed by atoms with E-state index in [1.807, 2.05) is 23.1 Å². The van der Waals surface area contributed by atoms with E-state index in [4.69, 9.17) is 0 Å². The van der Waals surface area contributed by atoms with E-state index in [0.29, 0.717) is 19.5 Å². The second-order valence-corrected chi connectivity index (χ2v) is 6.39. The first-order valence-electron chi connectivity index (χ1n) is 8.25. The fraction of sp³-hybridized carbons (Fsp3) is 0.556. The van der Waals surface area contributed by atoms with Crippen LogP contribution in [0.5, 0.6) is 0 Å². The second-order valence-electron chi connectivity index (χ2n) is 6.39. The lowest BCUT2D eigenvalue weighted by atomic mass is 9.93. The van der Waals surface area contributed by atoms with Crippen molar-refractivity contribution in [3.05, 3.63) is 41.7 Å². The van der Waals surface area contributed by atoms with Crippen LogP contribution >= 0.6 is 0 Å². The van der Waals surface area contributed by atoms with Crippen molar-refractivity contribution in [1.29, 1.82) is 0 Å². The van der Waals surface area contributed by atoms with Gasteiger partial charge in [0.1, 0.15) is 0 Å². The lowest BCUT2D eigenvalue weighted by Gasteiger charge is -2.19. The maximum Gasteiger partial charge on any atom is 0.226 e. The summed E-state index contributed by atoms with van der Waals surface area (Å²) < 4.78 is 0. The predicted molar refractivity (Wildman–Crippen MR) is 85.3 cm³/mol. The molecule has 1 aromatic heterocycles. The molecule has 118 valence electrons. The van der Waals surface area contributed by atoms with Gasteiger partial charge in [0.25, 0.3) is 0 Å². The number of carbonyl (C=O) groups is 1. The SMILES string of the molecule is O=C(CC1=CCCCC1)N1C[C@@H](CO)[C@H](c2ccccn2)C1. The minimum absolute atomic E-state index is 0.0965. The van der Waals surface area contributed by atoms with Crippen molar-refractivity contribution >= 4 is 5.91 Å². The molecule has 4 nitrogen and oxygen atoms in total. The Hall–Kier alpha value is -1.68. The summed E-state index contributed by atoms with van der Waals surface area (Å²) in [7, 11) is 0. The van der Waals surface area contributed by atoms with E-state index in [9.17, 15) is 9.90 Å². The number of aliphatic hydroxyl groups is 1. The highest BCUT2D eigenvalue weighted by molar-refractivity contribution is 5.79. The Bertz CT molecular complexity index is 541. The van der Waals surface area contributed by atoms with E-state index in [2.05, 4.69) is 11.1 Å². The number of hydrogen-bond donors (Lipinski definition) is 1. The Kier molecular flexibility index (Phi) is 4.88. The molecule has 4 heteroatoms. The number of pyridine rings is 1. The first kappa shape index (κ1) is 15.2. The van der Waals surface area contributed by atoms with Crippen LogP contribution in [-0.2, 0) is 4.79 Å². The molecule has 1 aliphatic carbocycles. The molecule has 1 saturated heterocycles. The highest BCUT2D eigenvalue weighted by Gasteiger charge is 2.36. The lowest BCUT2D eigenvalue weighted by molar-refractivity contribution is -0.129. The molecule has 0 saturated carbocycles. The summed E-state index contributed by atoms with van der Waals surface area (Å²) in [5, 5.41) is 9.64. The van der Waals surface area contributed by atoms with Gasteiger partial charge in [0.05, 0.1) is 0 Å². The summed E-state index contributed by atoms with van der Waals surface area (Å²) in [5.74, 6) is 0.444. The Morgan fingerprint density at radius 3 is 2.91 bits per heavy atom. The molecule has 1 fully saturated rings. The van der Waals surface area contributed by atoms with Crippen molar-refractivity contribution < 1.29 is 9.90 Å². The van der Waals surface area contributed by atoms with E-state index in [1.165, 1.54) is 18.4 Å². The van der Waals surface area contributed by atoms with Crippen molar-refractivity contribution in [2.45, 2.75) is 38.0 Å². The molecule has 1 amide bonds. The molecule has 0 unspecified atom stereocenters. The van der Waals surface area contributed by atoms with E-state index in [0.717, 1.165) is 18.5 Å². The molecule has 22 heavy (non-hydrogen) atoms. The highest BCUT2D eigenvalue weighted by Crippen LogP contribution is 2.32. The zero-order valence-corrected chi connectivity index (χ0v) is 12.9. The third-order valence-corrected chi connectivity index (χ3v) is 4.86. The molecule has 1 aromatic rings. The maximum absolute atomic E-state index is 12.5. The third kappa shape index (κ3) is 3.38. The Morgan fingerprint density at radius 1 is 1.32 bits per heavy atom. The van der Waals surface area contributed by atoms with Crippen molar-refractivity contribution in [2.24, 2.45) is 5.92 Å². The van der Waals surface area contributed by atoms with Crippen LogP contribution in [0.4, 0.5) is 0 Å². The van der Waals surface area contributed by atoms with E-state index in [1.54, 1.807) is 6.20 Å². The van der Waals surface area contributed by atoms with Gasteiger partial charge in [-0.25, -0.2) is 0 Å². The van der Waals surface area contributed by atoms with Gasteiger partial charge in [-0.05, 0) is 37.8 Å². The highest BCUT2D eigenvalue weighted by atomic mass is 16.3. The number of likely N-dealkylation sites (tertiary alicyclic amines) is 1. The molecule has 2 heterocycles. The summed E-state index contributed by atoms with van der Waals surface area (Å²) in [6, 6.07) is 5.85. The van der Waals surface area contributed by atoms with E-state index >= 15 is 0 Å². The number of aromatic nitrogens is 1. The predicted octanol–water partition coefficient (Wildman–Crippen LogP) is 2.51. The van der Waals surface area contributed by atoms with Crippen LogP contribution in [-0.4, -0.2) is 40.6 Å². The topological polar surface area (TPSA) is 53.4 Å². The van der Waals surface area contributed by atoms with Crippen LogP contribution in [0, 0.1) is 5.92 Å². The Balaban J connectivity index is 1.66. The first-order valence-corrected chi connectivity index (χ1v) is 8.25. The molecule has 3 rings (SSSR count). The van der Waals surface area contributed by atoms with Gasteiger partial charge in [-0.3, -0.25) is 9.78 Å².